The molecule has 0 atom stereocenters. The number of hydrogen-bond acceptors (Lipinski definition) is 3. The summed E-state index contributed by atoms with van der Waals surface area (Å²) >= 11 is 0. The highest BCUT2D eigenvalue weighted by molar-refractivity contribution is 5.71. The monoisotopic (exact) mass is 431 g/mol. The molecule has 2 aliphatic rings. The molecule has 5 heteroatoms. The quantitative estimate of drug-likeness (QED) is 0.436. The maximum Gasteiger partial charge on any atom is 0.303 e. The van der Waals surface area contributed by atoms with Crippen LogP contribution in [-0.4, -0.2) is 16.1 Å². The van der Waals surface area contributed by atoms with E-state index in [4.69, 9.17) is 14.8 Å². The Bertz CT molecular complexity index is 1120. The van der Waals surface area contributed by atoms with Crippen molar-refractivity contribution in [3.8, 4) is 17.1 Å². The number of aromatic nitrogens is 1. The number of ether oxygens (including phenoxy) is 1. The van der Waals surface area contributed by atoms with Crippen molar-refractivity contribution in [2.75, 3.05) is 0 Å². The SMILES string of the molecule is O=C(O)CCc1ccc(COc2cccc(-c3c(C4CC4)cccc3C3CC3)n2)cc1F. The van der Waals surface area contributed by atoms with E-state index in [-0.39, 0.29) is 19.4 Å². The van der Waals surface area contributed by atoms with E-state index in [1.165, 1.54) is 48.4 Å². The Morgan fingerprint density at radius 1 is 1.00 bits per heavy atom. The van der Waals surface area contributed by atoms with Crippen molar-refractivity contribution < 1.29 is 19.0 Å². The third-order valence-electron chi connectivity index (χ3n) is 6.26. The summed E-state index contributed by atoms with van der Waals surface area (Å²) < 4.78 is 20.2. The van der Waals surface area contributed by atoms with Gasteiger partial charge in [0.1, 0.15) is 12.4 Å². The Morgan fingerprint density at radius 3 is 2.31 bits per heavy atom. The number of hydrogen-bond donors (Lipinski definition) is 1. The van der Waals surface area contributed by atoms with Crippen molar-refractivity contribution in [1.82, 2.24) is 4.98 Å². The second-order valence-corrected chi connectivity index (χ2v) is 8.83. The van der Waals surface area contributed by atoms with Crippen molar-refractivity contribution in [3.63, 3.8) is 0 Å². The molecule has 2 aromatic carbocycles. The molecule has 2 aliphatic carbocycles. The highest BCUT2D eigenvalue weighted by atomic mass is 19.1. The van der Waals surface area contributed by atoms with Gasteiger partial charge in [0.05, 0.1) is 5.69 Å². The minimum atomic E-state index is -0.934. The van der Waals surface area contributed by atoms with Gasteiger partial charge in [0, 0.05) is 18.1 Å². The van der Waals surface area contributed by atoms with Crippen LogP contribution in [0.4, 0.5) is 4.39 Å². The summed E-state index contributed by atoms with van der Waals surface area (Å²) in [6.45, 7) is 0.201. The molecular weight excluding hydrogens is 405 g/mol. The van der Waals surface area contributed by atoms with E-state index in [0.29, 0.717) is 28.8 Å². The highest BCUT2D eigenvalue weighted by Gasteiger charge is 2.32. The molecule has 1 N–H and O–H groups in total. The first-order chi connectivity index (χ1) is 15.6. The number of carboxylic acid groups (broad SMARTS) is 1. The average molecular weight is 432 g/mol. The third kappa shape index (κ3) is 4.67. The number of aliphatic carboxylic acids is 1. The molecule has 0 spiro atoms. The molecule has 0 radical (unpaired) electrons. The van der Waals surface area contributed by atoms with Gasteiger partial charge in [-0.05, 0) is 78.3 Å². The molecule has 2 fully saturated rings. The fourth-order valence-corrected chi connectivity index (χ4v) is 4.27. The van der Waals surface area contributed by atoms with Crippen molar-refractivity contribution >= 4 is 5.97 Å². The largest absolute Gasteiger partial charge is 0.481 e. The number of benzene rings is 2. The first kappa shape index (κ1) is 20.7. The molecule has 4 nitrogen and oxygen atoms in total. The van der Waals surface area contributed by atoms with E-state index < -0.39 is 11.8 Å². The van der Waals surface area contributed by atoms with E-state index in [0.717, 1.165) is 5.69 Å². The van der Waals surface area contributed by atoms with Crippen molar-refractivity contribution in [3.05, 3.63) is 82.7 Å². The topological polar surface area (TPSA) is 59.4 Å². The highest BCUT2D eigenvalue weighted by Crippen LogP contribution is 2.50. The Morgan fingerprint density at radius 2 is 1.69 bits per heavy atom. The van der Waals surface area contributed by atoms with Crippen LogP contribution >= 0.6 is 0 Å². The van der Waals surface area contributed by atoms with E-state index >= 15 is 0 Å². The summed E-state index contributed by atoms with van der Waals surface area (Å²) in [5, 5.41) is 8.79. The molecule has 164 valence electrons. The number of pyridine rings is 1. The van der Waals surface area contributed by atoms with Gasteiger partial charge < -0.3 is 9.84 Å². The Hall–Kier alpha value is -3.21. The predicted molar refractivity (Wildman–Crippen MR) is 120 cm³/mol. The van der Waals surface area contributed by atoms with Crippen LogP contribution < -0.4 is 4.74 Å². The molecule has 2 saturated carbocycles. The first-order valence-electron chi connectivity index (χ1n) is 11.3. The van der Waals surface area contributed by atoms with Crippen LogP contribution in [0.25, 0.3) is 11.3 Å². The zero-order valence-electron chi connectivity index (χ0n) is 17.9. The minimum absolute atomic E-state index is 0.0886. The van der Waals surface area contributed by atoms with E-state index in [1.54, 1.807) is 12.1 Å². The van der Waals surface area contributed by atoms with Crippen LogP contribution in [0.1, 0.15) is 66.2 Å². The van der Waals surface area contributed by atoms with Gasteiger partial charge in [-0.15, -0.1) is 0 Å². The van der Waals surface area contributed by atoms with Gasteiger partial charge in [-0.2, -0.15) is 0 Å². The van der Waals surface area contributed by atoms with Crippen molar-refractivity contribution in [2.45, 2.75) is 57.0 Å². The minimum Gasteiger partial charge on any atom is -0.481 e. The summed E-state index contributed by atoms with van der Waals surface area (Å²) in [6.07, 6.45) is 5.05. The zero-order valence-corrected chi connectivity index (χ0v) is 17.9. The maximum absolute atomic E-state index is 14.3. The van der Waals surface area contributed by atoms with Crippen LogP contribution in [-0.2, 0) is 17.8 Å². The van der Waals surface area contributed by atoms with Crippen molar-refractivity contribution in [1.29, 1.82) is 0 Å². The lowest BCUT2D eigenvalue weighted by Crippen LogP contribution is -2.02. The molecule has 1 aromatic heterocycles. The molecule has 0 bridgehead atoms. The Balaban J connectivity index is 1.34. The normalized spacial score (nSPS) is 15.5. The van der Waals surface area contributed by atoms with E-state index in [2.05, 4.69) is 24.3 Å². The Labute approximate surface area is 187 Å². The molecule has 5 rings (SSSR count). The number of aryl methyl sites for hydroxylation is 1. The van der Waals surface area contributed by atoms with Crippen LogP contribution in [0.2, 0.25) is 0 Å². The molecule has 0 amide bonds. The predicted octanol–water partition coefficient (Wildman–Crippen LogP) is 6.24. The maximum atomic E-state index is 14.3. The van der Waals surface area contributed by atoms with Crippen LogP contribution in [0.15, 0.2) is 54.6 Å². The second kappa shape index (κ2) is 8.73. The van der Waals surface area contributed by atoms with Gasteiger partial charge in [-0.25, -0.2) is 9.37 Å². The third-order valence-corrected chi connectivity index (χ3v) is 6.26. The lowest BCUT2D eigenvalue weighted by molar-refractivity contribution is -0.136. The lowest BCUT2D eigenvalue weighted by atomic mass is 9.92. The van der Waals surface area contributed by atoms with Crippen LogP contribution in [0.3, 0.4) is 0 Å². The van der Waals surface area contributed by atoms with Crippen molar-refractivity contribution in [2.24, 2.45) is 0 Å². The Kier molecular flexibility index (Phi) is 5.64. The van der Waals surface area contributed by atoms with Gasteiger partial charge in [0.15, 0.2) is 0 Å². The average Bonchev–Trinajstić information content (AvgIpc) is 3.70. The number of carbonyl (C=O) groups is 1. The van der Waals surface area contributed by atoms with Gasteiger partial charge in [0.25, 0.3) is 0 Å². The first-order valence-corrected chi connectivity index (χ1v) is 11.3. The summed E-state index contributed by atoms with van der Waals surface area (Å²) in [6, 6.07) is 17.3. The summed E-state index contributed by atoms with van der Waals surface area (Å²) in [5.41, 5.74) is 6.11. The fourth-order valence-electron chi connectivity index (χ4n) is 4.27. The number of rotatable bonds is 9. The molecular formula is C27H26FNO3. The van der Waals surface area contributed by atoms with Crippen LogP contribution in [0.5, 0.6) is 5.88 Å². The lowest BCUT2D eigenvalue weighted by Gasteiger charge is -2.15. The second-order valence-electron chi connectivity index (χ2n) is 8.83. The van der Waals surface area contributed by atoms with Gasteiger partial charge >= 0.3 is 5.97 Å². The van der Waals surface area contributed by atoms with E-state index in [9.17, 15) is 9.18 Å². The summed E-state index contributed by atoms with van der Waals surface area (Å²) in [7, 11) is 0. The molecule has 32 heavy (non-hydrogen) atoms. The standard InChI is InChI=1S/C27H26FNO3/c28-23-15-17(7-8-20(23)13-14-26(30)31)16-32-25-6-2-5-24(29-25)27-21(18-9-10-18)3-1-4-22(27)19-11-12-19/h1-8,15,18-19H,9-14,16H2,(H,30,31). The molecule has 0 saturated heterocycles. The van der Waals surface area contributed by atoms with Gasteiger partial charge in [0.2, 0.25) is 5.88 Å². The summed E-state index contributed by atoms with van der Waals surface area (Å²) in [4.78, 5) is 15.5. The number of nitrogens with zero attached hydrogens (tertiary/aromatic N) is 1. The molecule has 1 heterocycles. The van der Waals surface area contributed by atoms with E-state index in [1.807, 2.05) is 12.1 Å². The molecule has 0 aliphatic heterocycles. The summed E-state index contributed by atoms with van der Waals surface area (Å²) in [5.74, 6) is 0.456. The number of halogens is 1. The number of carboxylic acids is 1. The molecule has 3 aromatic rings. The van der Waals surface area contributed by atoms with Gasteiger partial charge in [-0.3, -0.25) is 4.79 Å². The molecule has 0 unspecified atom stereocenters. The fraction of sp³-hybridized carbons (Fsp3) is 0.333. The van der Waals surface area contributed by atoms with Crippen LogP contribution in [0, 0.1) is 5.82 Å². The zero-order chi connectivity index (χ0) is 22.1. The van der Waals surface area contributed by atoms with Gasteiger partial charge in [-0.1, -0.05) is 36.4 Å². The smallest absolute Gasteiger partial charge is 0.303 e.